The lowest BCUT2D eigenvalue weighted by Gasteiger charge is -2.16. The van der Waals surface area contributed by atoms with E-state index in [1.54, 1.807) is 54.7 Å². The molecule has 1 N–H and O–H groups in total. The van der Waals surface area contributed by atoms with Crippen molar-refractivity contribution in [3.63, 3.8) is 0 Å². The van der Waals surface area contributed by atoms with E-state index < -0.39 is 5.25 Å². The Bertz CT molecular complexity index is 1770. The molecule has 1 unspecified atom stereocenters. The molecule has 5 aromatic rings. The summed E-state index contributed by atoms with van der Waals surface area (Å²) in [5.41, 5.74) is 6.03. The summed E-state index contributed by atoms with van der Waals surface area (Å²) < 4.78 is 0. The Morgan fingerprint density at radius 3 is 2.36 bits per heavy atom. The smallest absolute Gasteiger partial charge is 0.237 e. The Labute approximate surface area is 253 Å². The quantitative estimate of drug-likeness (QED) is 0.106. The molecule has 3 aromatic carbocycles. The van der Waals surface area contributed by atoms with E-state index in [4.69, 9.17) is 4.98 Å². The molecule has 1 atom stereocenters. The first-order valence-corrected chi connectivity index (χ1v) is 15.1. The van der Waals surface area contributed by atoms with Gasteiger partial charge in [0.2, 0.25) is 5.91 Å². The zero-order chi connectivity index (χ0) is 29.5. The number of anilines is 1. The van der Waals surface area contributed by atoms with Crippen LogP contribution in [0.2, 0.25) is 0 Å². The monoisotopic (exact) mass is 585 g/mol. The summed E-state index contributed by atoms with van der Waals surface area (Å²) in [6, 6.07) is 32.8. The Morgan fingerprint density at radius 1 is 0.952 bits per heavy atom. The molecule has 1 amide bonds. The normalized spacial score (nSPS) is 11.6. The van der Waals surface area contributed by atoms with E-state index in [2.05, 4.69) is 11.4 Å². The highest BCUT2D eigenvalue weighted by Gasteiger charge is 2.21. The van der Waals surface area contributed by atoms with Crippen LogP contribution in [0.4, 0.5) is 5.69 Å². The van der Waals surface area contributed by atoms with E-state index in [0.29, 0.717) is 21.8 Å². The lowest BCUT2D eigenvalue weighted by molar-refractivity contribution is -0.115. The molecule has 0 radical (unpaired) electrons. The molecule has 2 aromatic heterocycles. The number of thiophene rings is 1. The number of ketones is 1. The van der Waals surface area contributed by atoms with Gasteiger partial charge in [0.25, 0.3) is 0 Å². The molecule has 0 bridgehead atoms. The molecule has 0 aliphatic carbocycles. The van der Waals surface area contributed by atoms with Gasteiger partial charge in [-0.3, -0.25) is 9.59 Å². The lowest BCUT2D eigenvalue weighted by atomic mass is 9.99. The Hall–Kier alpha value is -4.77. The van der Waals surface area contributed by atoms with Crippen LogP contribution >= 0.6 is 23.1 Å². The predicted molar refractivity (Wildman–Crippen MR) is 173 cm³/mol. The van der Waals surface area contributed by atoms with Gasteiger partial charge in [0, 0.05) is 27.3 Å². The van der Waals surface area contributed by atoms with Gasteiger partial charge in [-0.05, 0) is 73.3 Å². The number of aromatic nitrogens is 1. The van der Waals surface area contributed by atoms with Gasteiger partial charge in [0.15, 0.2) is 5.78 Å². The van der Waals surface area contributed by atoms with E-state index in [0.717, 1.165) is 32.8 Å². The predicted octanol–water partition coefficient (Wildman–Crippen LogP) is 8.67. The van der Waals surface area contributed by atoms with Crippen LogP contribution < -0.4 is 5.32 Å². The first kappa shape index (κ1) is 28.7. The molecular formula is C35H27N3O2S2. The van der Waals surface area contributed by atoms with Crippen LogP contribution in [0.5, 0.6) is 0 Å². The third-order valence-corrected chi connectivity index (χ3v) is 8.49. The summed E-state index contributed by atoms with van der Waals surface area (Å²) in [6.07, 6.45) is 3.34. The number of nitrogens with zero attached hydrogens (tertiary/aromatic N) is 2. The van der Waals surface area contributed by atoms with Crippen LogP contribution in [0, 0.1) is 18.3 Å². The second-order valence-corrected chi connectivity index (χ2v) is 11.9. The van der Waals surface area contributed by atoms with Crippen molar-refractivity contribution >= 4 is 46.6 Å². The number of hydrogen-bond acceptors (Lipinski definition) is 6. The van der Waals surface area contributed by atoms with Gasteiger partial charge in [0.1, 0.15) is 11.1 Å². The molecule has 2 heterocycles. The summed E-state index contributed by atoms with van der Waals surface area (Å²) in [5, 5.41) is 15.0. The van der Waals surface area contributed by atoms with Gasteiger partial charge >= 0.3 is 0 Å². The van der Waals surface area contributed by atoms with Crippen molar-refractivity contribution in [1.29, 1.82) is 5.26 Å². The van der Waals surface area contributed by atoms with Crippen LogP contribution in [0.3, 0.4) is 0 Å². The third-order valence-electron chi connectivity index (χ3n) is 6.57. The minimum Gasteiger partial charge on any atom is -0.325 e. The van der Waals surface area contributed by atoms with Crippen molar-refractivity contribution in [3.8, 4) is 28.5 Å². The minimum atomic E-state index is -0.545. The van der Waals surface area contributed by atoms with E-state index >= 15 is 0 Å². The highest BCUT2D eigenvalue weighted by atomic mass is 32.2. The van der Waals surface area contributed by atoms with Gasteiger partial charge in [-0.2, -0.15) is 5.26 Å². The number of carbonyl (C=O) groups excluding carboxylic acids is 2. The van der Waals surface area contributed by atoms with E-state index in [1.165, 1.54) is 11.8 Å². The van der Waals surface area contributed by atoms with Gasteiger partial charge in [-0.25, -0.2) is 4.98 Å². The first-order chi connectivity index (χ1) is 20.4. The minimum absolute atomic E-state index is 0.108. The summed E-state index contributed by atoms with van der Waals surface area (Å²) in [6.45, 7) is 3.82. The van der Waals surface area contributed by atoms with E-state index in [1.807, 2.05) is 85.1 Å². The fraction of sp³-hybridized carbons (Fsp3) is 0.0857. The molecule has 0 saturated carbocycles. The molecular weight excluding hydrogens is 559 g/mol. The van der Waals surface area contributed by atoms with Crippen LogP contribution in [0.1, 0.15) is 33.3 Å². The number of nitriles is 1. The van der Waals surface area contributed by atoms with E-state index in [9.17, 15) is 14.9 Å². The molecule has 0 saturated heterocycles. The average Bonchev–Trinajstić information content (AvgIpc) is 3.54. The number of pyridine rings is 1. The number of rotatable bonds is 9. The van der Waals surface area contributed by atoms with Crippen molar-refractivity contribution in [2.24, 2.45) is 0 Å². The largest absolute Gasteiger partial charge is 0.325 e. The molecule has 0 aliphatic rings. The van der Waals surface area contributed by atoms with Crippen molar-refractivity contribution in [1.82, 2.24) is 4.98 Å². The Morgan fingerprint density at radius 2 is 1.69 bits per heavy atom. The van der Waals surface area contributed by atoms with Crippen molar-refractivity contribution in [3.05, 3.63) is 130 Å². The summed E-state index contributed by atoms with van der Waals surface area (Å²) in [5.74, 6) is -0.340. The first-order valence-electron chi connectivity index (χ1n) is 13.3. The Balaban J connectivity index is 1.35. The second kappa shape index (κ2) is 13.3. The average molecular weight is 586 g/mol. The van der Waals surface area contributed by atoms with Crippen LogP contribution in [0.25, 0.3) is 28.5 Å². The maximum Gasteiger partial charge on any atom is 0.237 e. The molecule has 0 fully saturated rings. The number of allylic oxidation sites excluding steroid dienone is 1. The third kappa shape index (κ3) is 6.92. The van der Waals surface area contributed by atoms with Gasteiger partial charge in [-0.1, -0.05) is 78.0 Å². The molecule has 206 valence electrons. The molecule has 7 heteroatoms. The SMILES string of the molecule is Cc1ccc(-c2cc(-c3ccccc3)c(C#N)c(SC(C)C(=O)Nc3ccc(C(=O)C=Cc4cccs4)cc3)n2)cc1. The van der Waals surface area contributed by atoms with Crippen molar-refractivity contribution in [2.45, 2.75) is 24.1 Å². The molecule has 0 spiro atoms. The summed E-state index contributed by atoms with van der Waals surface area (Å²) in [4.78, 5) is 31.6. The highest BCUT2D eigenvalue weighted by Crippen LogP contribution is 2.36. The highest BCUT2D eigenvalue weighted by molar-refractivity contribution is 8.00. The fourth-order valence-electron chi connectivity index (χ4n) is 4.26. The van der Waals surface area contributed by atoms with E-state index in [-0.39, 0.29) is 11.7 Å². The molecule has 5 nitrogen and oxygen atoms in total. The fourth-order valence-corrected chi connectivity index (χ4v) is 5.80. The number of aryl methyl sites for hydroxylation is 1. The number of hydrogen-bond donors (Lipinski definition) is 1. The molecule has 42 heavy (non-hydrogen) atoms. The maximum absolute atomic E-state index is 13.2. The number of nitrogens with one attached hydrogen (secondary N) is 1. The van der Waals surface area contributed by atoms with Gasteiger partial charge in [0.05, 0.1) is 16.5 Å². The lowest BCUT2D eigenvalue weighted by Crippen LogP contribution is -2.22. The zero-order valence-corrected chi connectivity index (χ0v) is 24.7. The summed E-state index contributed by atoms with van der Waals surface area (Å²) >= 11 is 2.81. The van der Waals surface area contributed by atoms with Crippen LogP contribution in [-0.4, -0.2) is 21.9 Å². The standard InChI is InChI=1S/C35H27N3O2S2/c1-23-10-12-26(13-11-23)32-21-30(25-7-4-3-5-8-25)31(22-36)35(38-32)42-24(2)34(40)37-28-16-14-27(15-17-28)33(39)19-18-29-9-6-20-41-29/h3-21,24H,1-2H3,(H,37,40). The maximum atomic E-state index is 13.2. The second-order valence-electron chi connectivity index (χ2n) is 9.62. The number of carbonyl (C=O) groups is 2. The van der Waals surface area contributed by atoms with Gasteiger partial charge in [-0.15, -0.1) is 11.3 Å². The summed E-state index contributed by atoms with van der Waals surface area (Å²) in [7, 11) is 0. The van der Waals surface area contributed by atoms with Crippen LogP contribution in [-0.2, 0) is 4.79 Å². The number of thioether (sulfide) groups is 1. The van der Waals surface area contributed by atoms with Crippen molar-refractivity contribution < 1.29 is 9.59 Å². The zero-order valence-electron chi connectivity index (χ0n) is 23.1. The topological polar surface area (TPSA) is 82.9 Å². The van der Waals surface area contributed by atoms with Crippen LogP contribution in [0.15, 0.2) is 114 Å². The van der Waals surface area contributed by atoms with Gasteiger partial charge < -0.3 is 5.32 Å². The Kier molecular flexibility index (Phi) is 9.08. The number of amides is 1. The van der Waals surface area contributed by atoms with Crippen molar-refractivity contribution in [2.75, 3.05) is 5.32 Å². The molecule has 5 rings (SSSR count). The molecule has 0 aliphatic heterocycles. The number of benzene rings is 3.